The van der Waals surface area contributed by atoms with E-state index in [1.165, 1.54) is 0 Å². The largest absolute Gasteiger partial charge is 0.398 e. The van der Waals surface area contributed by atoms with E-state index in [0.29, 0.717) is 27.1 Å². The molecule has 0 aliphatic rings. The van der Waals surface area contributed by atoms with E-state index in [1.807, 2.05) is 42.5 Å². The van der Waals surface area contributed by atoms with Gasteiger partial charge in [-0.3, -0.25) is 4.98 Å². The number of hydrogen-bond donors (Lipinski definition) is 2. The molecule has 0 bridgehead atoms. The molecule has 4 aromatic rings. The zero-order valence-electron chi connectivity index (χ0n) is 13.6. The van der Waals surface area contributed by atoms with Gasteiger partial charge in [-0.05, 0) is 36.4 Å². The lowest BCUT2D eigenvalue weighted by molar-refractivity contribution is 1.30. The molecule has 4 nitrogen and oxygen atoms in total. The molecule has 0 saturated carbocycles. The van der Waals surface area contributed by atoms with Crippen LogP contribution in [-0.4, -0.2) is 15.0 Å². The highest BCUT2D eigenvalue weighted by Gasteiger charge is 2.18. The van der Waals surface area contributed by atoms with Gasteiger partial charge in [0.15, 0.2) is 0 Å². The van der Waals surface area contributed by atoms with Crippen molar-refractivity contribution in [2.75, 3.05) is 5.73 Å². The number of H-pyrrole nitrogens is 1. The highest BCUT2D eigenvalue weighted by molar-refractivity contribution is 6.33. The molecule has 0 unspecified atom stereocenters. The zero-order chi connectivity index (χ0) is 18.1. The second-order valence-corrected chi connectivity index (χ2v) is 6.60. The molecule has 2 aromatic carbocycles. The van der Waals surface area contributed by atoms with Gasteiger partial charge in [0, 0.05) is 34.2 Å². The summed E-state index contributed by atoms with van der Waals surface area (Å²) >= 11 is 12.4. The van der Waals surface area contributed by atoms with Crippen molar-refractivity contribution in [3.63, 3.8) is 0 Å². The fourth-order valence-electron chi connectivity index (χ4n) is 2.83. The first-order chi connectivity index (χ1) is 12.6. The van der Waals surface area contributed by atoms with Crippen molar-refractivity contribution >= 4 is 28.9 Å². The Kier molecular flexibility index (Phi) is 4.37. The number of imidazole rings is 1. The maximum absolute atomic E-state index is 6.37. The van der Waals surface area contributed by atoms with Crippen molar-refractivity contribution in [1.29, 1.82) is 0 Å². The number of anilines is 1. The van der Waals surface area contributed by atoms with Crippen molar-refractivity contribution < 1.29 is 0 Å². The summed E-state index contributed by atoms with van der Waals surface area (Å²) in [7, 11) is 0. The molecule has 0 aliphatic heterocycles. The summed E-state index contributed by atoms with van der Waals surface area (Å²) in [6.45, 7) is 0. The van der Waals surface area contributed by atoms with E-state index >= 15 is 0 Å². The van der Waals surface area contributed by atoms with Gasteiger partial charge in [-0.15, -0.1) is 0 Å². The molecule has 0 spiro atoms. The minimum atomic E-state index is 0.544. The second-order valence-electron chi connectivity index (χ2n) is 5.76. The Morgan fingerprint density at radius 2 is 1.58 bits per heavy atom. The number of rotatable bonds is 3. The average molecular weight is 381 g/mol. The Labute approximate surface area is 160 Å². The highest BCUT2D eigenvalue weighted by Crippen LogP contribution is 2.37. The first kappa shape index (κ1) is 16.6. The van der Waals surface area contributed by atoms with Crippen LogP contribution in [0.25, 0.3) is 33.9 Å². The number of halogens is 2. The smallest absolute Gasteiger partial charge is 0.142 e. The first-order valence-electron chi connectivity index (χ1n) is 7.94. The van der Waals surface area contributed by atoms with Crippen LogP contribution in [0.15, 0.2) is 67.0 Å². The summed E-state index contributed by atoms with van der Waals surface area (Å²) < 4.78 is 0. The lowest BCUT2D eigenvalue weighted by Gasteiger charge is -2.04. The monoisotopic (exact) mass is 380 g/mol. The Hall–Kier alpha value is -2.82. The van der Waals surface area contributed by atoms with E-state index in [1.54, 1.807) is 24.5 Å². The fraction of sp³-hybridized carbons (Fsp3) is 0. The van der Waals surface area contributed by atoms with Crippen LogP contribution in [0.4, 0.5) is 5.69 Å². The van der Waals surface area contributed by atoms with Crippen molar-refractivity contribution in [3.05, 3.63) is 77.0 Å². The minimum absolute atomic E-state index is 0.544. The van der Waals surface area contributed by atoms with Gasteiger partial charge in [0.25, 0.3) is 0 Å². The quantitative estimate of drug-likeness (QED) is 0.448. The van der Waals surface area contributed by atoms with E-state index < -0.39 is 0 Å². The molecule has 0 radical (unpaired) electrons. The van der Waals surface area contributed by atoms with Crippen LogP contribution in [0.2, 0.25) is 10.0 Å². The average Bonchev–Trinajstić information content (AvgIpc) is 3.08. The lowest BCUT2D eigenvalue weighted by Crippen LogP contribution is -1.92. The van der Waals surface area contributed by atoms with E-state index in [9.17, 15) is 0 Å². The molecular weight excluding hydrogens is 367 g/mol. The SMILES string of the molecule is Nc1cccc(Cl)c1-c1nc(-c2ccc(Cl)cc2)c(-c2ccncc2)[nH]1. The predicted octanol–water partition coefficient (Wildman–Crippen LogP) is 5.69. The molecule has 26 heavy (non-hydrogen) atoms. The maximum Gasteiger partial charge on any atom is 0.142 e. The molecule has 3 N–H and O–H groups in total. The molecule has 0 amide bonds. The molecule has 0 fully saturated rings. The third-order valence-electron chi connectivity index (χ3n) is 4.07. The maximum atomic E-state index is 6.37. The molecule has 0 saturated heterocycles. The second kappa shape index (κ2) is 6.83. The van der Waals surface area contributed by atoms with Crippen LogP contribution in [0.3, 0.4) is 0 Å². The number of hydrogen-bond acceptors (Lipinski definition) is 3. The number of benzene rings is 2. The number of nitrogen functional groups attached to an aromatic ring is 1. The minimum Gasteiger partial charge on any atom is -0.398 e. The zero-order valence-corrected chi connectivity index (χ0v) is 15.1. The summed E-state index contributed by atoms with van der Waals surface area (Å²) in [5.41, 5.74) is 11.0. The van der Waals surface area contributed by atoms with E-state index in [2.05, 4.69) is 9.97 Å². The van der Waals surface area contributed by atoms with Crippen LogP contribution >= 0.6 is 23.2 Å². The van der Waals surface area contributed by atoms with Gasteiger partial charge in [0.05, 0.1) is 22.0 Å². The Balaban J connectivity index is 1.95. The molecule has 6 heteroatoms. The summed E-state index contributed by atoms with van der Waals surface area (Å²) in [5.74, 6) is 0.616. The van der Waals surface area contributed by atoms with Crippen LogP contribution in [-0.2, 0) is 0 Å². The molecule has 128 valence electrons. The lowest BCUT2D eigenvalue weighted by atomic mass is 10.1. The van der Waals surface area contributed by atoms with Crippen molar-refractivity contribution in [1.82, 2.24) is 15.0 Å². The molecular formula is C20H14Cl2N4. The number of aromatic amines is 1. The van der Waals surface area contributed by atoms with E-state index in [-0.39, 0.29) is 0 Å². The van der Waals surface area contributed by atoms with Crippen molar-refractivity contribution in [3.8, 4) is 33.9 Å². The van der Waals surface area contributed by atoms with Crippen LogP contribution < -0.4 is 5.73 Å². The van der Waals surface area contributed by atoms with Gasteiger partial charge < -0.3 is 10.7 Å². The van der Waals surface area contributed by atoms with E-state index in [0.717, 1.165) is 22.5 Å². The summed E-state index contributed by atoms with van der Waals surface area (Å²) in [4.78, 5) is 12.3. The van der Waals surface area contributed by atoms with Gasteiger partial charge in [-0.25, -0.2) is 4.98 Å². The molecule has 0 atom stereocenters. The van der Waals surface area contributed by atoms with Crippen LogP contribution in [0.5, 0.6) is 0 Å². The van der Waals surface area contributed by atoms with Gasteiger partial charge in [0.1, 0.15) is 5.82 Å². The number of nitrogens with zero attached hydrogens (tertiary/aromatic N) is 2. The Morgan fingerprint density at radius 1 is 0.846 bits per heavy atom. The Morgan fingerprint density at radius 3 is 2.27 bits per heavy atom. The summed E-state index contributed by atoms with van der Waals surface area (Å²) in [5, 5.41) is 1.22. The number of nitrogens with one attached hydrogen (secondary N) is 1. The fourth-order valence-corrected chi connectivity index (χ4v) is 3.22. The third-order valence-corrected chi connectivity index (χ3v) is 4.64. The molecule has 2 heterocycles. The van der Waals surface area contributed by atoms with Gasteiger partial charge in [0.2, 0.25) is 0 Å². The summed E-state index contributed by atoms with van der Waals surface area (Å²) in [6, 6.07) is 16.8. The Bertz CT molecular complexity index is 1040. The van der Waals surface area contributed by atoms with Crippen LogP contribution in [0, 0.1) is 0 Å². The number of nitrogens with two attached hydrogens (primary N) is 1. The number of aromatic nitrogens is 3. The predicted molar refractivity (Wildman–Crippen MR) is 107 cm³/mol. The van der Waals surface area contributed by atoms with Crippen LogP contribution in [0.1, 0.15) is 0 Å². The standard InChI is InChI=1S/C20H14Cl2N4/c21-14-6-4-12(5-7-14)18-19(13-8-10-24-11-9-13)26-20(25-18)17-15(22)2-1-3-16(17)23/h1-11H,23H2,(H,25,26). The van der Waals surface area contributed by atoms with Gasteiger partial charge >= 0.3 is 0 Å². The normalized spacial score (nSPS) is 10.8. The third kappa shape index (κ3) is 3.05. The topological polar surface area (TPSA) is 67.6 Å². The molecule has 2 aromatic heterocycles. The molecule has 0 aliphatic carbocycles. The van der Waals surface area contributed by atoms with E-state index in [4.69, 9.17) is 33.9 Å². The van der Waals surface area contributed by atoms with Gasteiger partial charge in [-0.2, -0.15) is 0 Å². The summed E-state index contributed by atoms with van der Waals surface area (Å²) in [6.07, 6.45) is 3.48. The van der Waals surface area contributed by atoms with Crippen molar-refractivity contribution in [2.24, 2.45) is 0 Å². The molecule has 4 rings (SSSR count). The van der Waals surface area contributed by atoms with Gasteiger partial charge in [-0.1, -0.05) is 41.4 Å². The number of pyridine rings is 1. The van der Waals surface area contributed by atoms with Crippen molar-refractivity contribution in [2.45, 2.75) is 0 Å². The highest BCUT2D eigenvalue weighted by atomic mass is 35.5. The first-order valence-corrected chi connectivity index (χ1v) is 8.70.